The minimum Gasteiger partial charge on any atom is -0.462 e. The van der Waals surface area contributed by atoms with E-state index in [0.29, 0.717) is 19.3 Å². The molecule has 6 nitrogen and oxygen atoms in total. The molecule has 0 radical (unpaired) electrons. The highest BCUT2D eigenvalue weighted by molar-refractivity contribution is 5.71. The first-order valence-corrected chi connectivity index (χ1v) is 25.7. The van der Waals surface area contributed by atoms with Gasteiger partial charge < -0.3 is 14.2 Å². The van der Waals surface area contributed by atoms with Crippen LogP contribution in [0.25, 0.3) is 0 Å². The summed E-state index contributed by atoms with van der Waals surface area (Å²) in [5.41, 5.74) is 0. The molecule has 1 unspecified atom stereocenters. The van der Waals surface area contributed by atoms with Crippen LogP contribution in [0.4, 0.5) is 0 Å². The van der Waals surface area contributed by atoms with E-state index < -0.39 is 6.10 Å². The van der Waals surface area contributed by atoms with Gasteiger partial charge in [-0.05, 0) is 116 Å². The van der Waals surface area contributed by atoms with E-state index in [1.54, 1.807) is 0 Å². The molecule has 63 heavy (non-hydrogen) atoms. The van der Waals surface area contributed by atoms with Crippen molar-refractivity contribution >= 4 is 17.9 Å². The summed E-state index contributed by atoms with van der Waals surface area (Å²) < 4.78 is 16.7. The Hall–Kier alpha value is -3.67. The van der Waals surface area contributed by atoms with Gasteiger partial charge in [-0.3, -0.25) is 14.4 Å². The van der Waals surface area contributed by atoms with E-state index in [2.05, 4.69) is 118 Å². The summed E-state index contributed by atoms with van der Waals surface area (Å²) in [7, 11) is 0. The van der Waals surface area contributed by atoms with Crippen molar-refractivity contribution in [2.24, 2.45) is 0 Å². The van der Waals surface area contributed by atoms with Crippen LogP contribution in [0.15, 0.2) is 97.2 Å². The van der Waals surface area contributed by atoms with Crippen molar-refractivity contribution < 1.29 is 28.6 Å². The molecule has 6 heteroatoms. The largest absolute Gasteiger partial charge is 0.462 e. The molecule has 0 aliphatic carbocycles. The molecule has 0 saturated carbocycles. The van der Waals surface area contributed by atoms with E-state index in [0.717, 1.165) is 109 Å². The van der Waals surface area contributed by atoms with Crippen LogP contribution in [0, 0.1) is 0 Å². The highest BCUT2D eigenvalue weighted by Gasteiger charge is 2.19. The Kier molecular flexibility index (Phi) is 48.0. The molecule has 1 atom stereocenters. The quantitative estimate of drug-likeness (QED) is 0.0262. The molecule has 0 N–H and O–H groups in total. The van der Waals surface area contributed by atoms with Gasteiger partial charge in [-0.2, -0.15) is 0 Å². The number of hydrogen-bond donors (Lipinski definition) is 0. The molecular formula is C57H94O6. The minimum absolute atomic E-state index is 0.105. The zero-order valence-electron chi connectivity index (χ0n) is 40.8. The average molecular weight is 875 g/mol. The number of ether oxygens (including phenoxy) is 3. The lowest BCUT2D eigenvalue weighted by molar-refractivity contribution is -0.167. The van der Waals surface area contributed by atoms with Gasteiger partial charge in [0, 0.05) is 19.3 Å². The summed E-state index contributed by atoms with van der Waals surface area (Å²) in [5, 5.41) is 0. The summed E-state index contributed by atoms with van der Waals surface area (Å²) >= 11 is 0. The molecule has 0 saturated heterocycles. The Bertz CT molecular complexity index is 1280. The van der Waals surface area contributed by atoms with E-state index in [1.165, 1.54) is 70.6 Å². The van der Waals surface area contributed by atoms with Crippen LogP contribution in [0.2, 0.25) is 0 Å². The van der Waals surface area contributed by atoms with Crippen LogP contribution in [0.3, 0.4) is 0 Å². The first-order valence-electron chi connectivity index (χ1n) is 25.7. The van der Waals surface area contributed by atoms with Gasteiger partial charge in [-0.25, -0.2) is 0 Å². The van der Waals surface area contributed by atoms with Crippen LogP contribution in [0.1, 0.15) is 226 Å². The van der Waals surface area contributed by atoms with E-state index in [1.807, 2.05) is 0 Å². The lowest BCUT2D eigenvalue weighted by Gasteiger charge is -2.18. The summed E-state index contributed by atoms with van der Waals surface area (Å²) in [6.07, 6.45) is 66.8. The van der Waals surface area contributed by atoms with Crippen molar-refractivity contribution in [1.82, 2.24) is 0 Å². The third-order valence-electron chi connectivity index (χ3n) is 10.5. The van der Waals surface area contributed by atoms with Gasteiger partial charge in [-0.1, -0.05) is 189 Å². The van der Waals surface area contributed by atoms with Gasteiger partial charge in [0.15, 0.2) is 6.10 Å². The topological polar surface area (TPSA) is 78.9 Å². The third kappa shape index (κ3) is 49.2. The van der Waals surface area contributed by atoms with Gasteiger partial charge in [-0.15, -0.1) is 0 Å². The van der Waals surface area contributed by atoms with Crippen molar-refractivity contribution in [3.05, 3.63) is 97.2 Å². The van der Waals surface area contributed by atoms with Crippen LogP contribution < -0.4 is 0 Å². The van der Waals surface area contributed by atoms with Gasteiger partial charge in [0.25, 0.3) is 0 Å². The second-order valence-corrected chi connectivity index (χ2v) is 16.7. The molecule has 0 aromatic rings. The summed E-state index contributed by atoms with van der Waals surface area (Å²) in [5.74, 6) is -0.990. The third-order valence-corrected chi connectivity index (χ3v) is 10.5. The number of carbonyl (C=O) groups excluding carboxylic acids is 3. The maximum Gasteiger partial charge on any atom is 0.306 e. The van der Waals surface area contributed by atoms with Crippen LogP contribution in [-0.4, -0.2) is 37.2 Å². The second-order valence-electron chi connectivity index (χ2n) is 16.7. The van der Waals surface area contributed by atoms with Crippen molar-refractivity contribution in [1.29, 1.82) is 0 Å². The molecule has 0 aromatic heterocycles. The van der Waals surface area contributed by atoms with Crippen molar-refractivity contribution in [2.75, 3.05) is 13.2 Å². The first kappa shape index (κ1) is 59.3. The monoisotopic (exact) mass is 875 g/mol. The number of esters is 3. The van der Waals surface area contributed by atoms with Crippen LogP contribution in [-0.2, 0) is 28.6 Å². The van der Waals surface area contributed by atoms with Crippen molar-refractivity contribution in [2.45, 2.75) is 232 Å². The standard InChI is InChI=1S/C57H94O6/c1-4-7-10-13-16-19-22-25-27-29-31-32-35-38-41-44-47-50-56(59)62-53-54(52-61-55(58)49-46-43-40-37-34-24-21-18-15-12-9-6-3)63-57(60)51-48-45-42-39-36-33-30-28-26-23-20-17-14-11-8-5-2/h8,11,16-21,25-28,31-32,38,41,54H,4-7,9-10,12-15,22-24,29-30,33-37,39-40,42-53H2,1-3H3/b11-8-,19-16-,20-17-,21-18-,27-25-,28-26-,32-31-,41-38-. The Morgan fingerprint density at radius 3 is 1.05 bits per heavy atom. The molecule has 0 aliphatic heterocycles. The number of hydrogen-bond acceptors (Lipinski definition) is 6. The van der Waals surface area contributed by atoms with Crippen molar-refractivity contribution in [3.63, 3.8) is 0 Å². The zero-order valence-corrected chi connectivity index (χ0v) is 40.8. The highest BCUT2D eigenvalue weighted by Crippen LogP contribution is 2.13. The molecule has 0 aromatic carbocycles. The Morgan fingerprint density at radius 1 is 0.333 bits per heavy atom. The lowest BCUT2D eigenvalue weighted by Crippen LogP contribution is -2.30. The summed E-state index contributed by atoms with van der Waals surface area (Å²) in [4.78, 5) is 37.9. The first-order chi connectivity index (χ1) is 31.0. The Balaban J connectivity index is 4.51. The molecule has 0 rings (SSSR count). The van der Waals surface area contributed by atoms with Crippen molar-refractivity contribution in [3.8, 4) is 0 Å². The van der Waals surface area contributed by atoms with Crippen LogP contribution in [0.5, 0.6) is 0 Å². The van der Waals surface area contributed by atoms with E-state index in [-0.39, 0.29) is 37.5 Å². The molecule has 0 aliphatic rings. The SMILES string of the molecule is CC/C=C\C/C=C\C/C=C\CCCCCCCCC(=O)OC(COC(=O)CCC/C=C\C/C=C\C/C=C\C/C=C\CCCCC)COC(=O)CCCCCCC/C=C\CCCCC. The fourth-order valence-electron chi connectivity index (χ4n) is 6.68. The normalized spacial score (nSPS) is 12.9. The number of unbranched alkanes of at least 4 members (excludes halogenated alkanes) is 18. The molecule has 0 heterocycles. The molecule has 0 amide bonds. The van der Waals surface area contributed by atoms with E-state index in [4.69, 9.17) is 14.2 Å². The predicted molar refractivity (Wildman–Crippen MR) is 270 cm³/mol. The maximum atomic E-state index is 12.8. The molecular weight excluding hydrogens is 781 g/mol. The summed E-state index contributed by atoms with van der Waals surface area (Å²) in [6.45, 7) is 6.40. The smallest absolute Gasteiger partial charge is 0.306 e. The number of rotatable bonds is 45. The Labute approximate surface area is 387 Å². The summed E-state index contributed by atoms with van der Waals surface area (Å²) in [6, 6.07) is 0. The highest BCUT2D eigenvalue weighted by atomic mass is 16.6. The van der Waals surface area contributed by atoms with E-state index in [9.17, 15) is 14.4 Å². The molecule has 358 valence electrons. The van der Waals surface area contributed by atoms with Gasteiger partial charge in [0.2, 0.25) is 0 Å². The number of carbonyl (C=O) groups is 3. The van der Waals surface area contributed by atoms with Crippen LogP contribution >= 0.6 is 0 Å². The maximum absolute atomic E-state index is 12.8. The fraction of sp³-hybridized carbons (Fsp3) is 0.667. The zero-order chi connectivity index (χ0) is 45.8. The molecule has 0 fully saturated rings. The average Bonchev–Trinajstić information content (AvgIpc) is 3.28. The molecule has 0 bridgehead atoms. The predicted octanol–water partition coefficient (Wildman–Crippen LogP) is 17.0. The number of allylic oxidation sites excluding steroid dienone is 16. The molecule has 0 spiro atoms. The minimum atomic E-state index is -0.810. The second kappa shape index (κ2) is 51.0. The fourth-order valence-corrected chi connectivity index (χ4v) is 6.68. The lowest BCUT2D eigenvalue weighted by atomic mass is 10.1. The van der Waals surface area contributed by atoms with E-state index >= 15 is 0 Å². The van der Waals surface area contributed by atoms with Gasteiger partial charge >= 0.3 is 17.9 Å². The Morgan fingerprint density at radius 2 is 0.635 bits per heavy atom. The van der Waals surface area contributed by atoms with Gasteiger partial charge in [0.05, 0.1) is 0 Å². The van der Waals surface area contributed by atoms with Gasteiger partial charge in [0.1, 0.15) is 13.2 Å².